The quantitative estimate of drug-likeness (QED) is 0.0625. The fraction of sp³-hybridized carbons (Fsp3) is 0.879. The SMILES string of the molecule is CCC(OC(=O)C(C)C(O)C(C)COC1OC(C)CC(N(C)C)C1O)C1(C)OC(=O)C(C(N)=NO)C1C(C)C(=O)C(C)CC(C)C. The van der Waals surface area contributed by atoms with Gasteiger partial charge in [0.1, 0.15) is 23.9 Å². The van der Waals surface area contributed by atoms with Crippen molar-refractivity contribution in [3.63, 3.8) is 0 Å². The summed E-state index contributed by atoms with van der Waals surface area (Å²) >= 11 is 0. The summed E-state index contributed by atoms with van der Waals surface area (Å²) in [4.78, 5) is 42.2. The van der Waals surface area contributed by atoms with Crippen molar-refractivity contribution in [1.29, 1.82) is 0 Å². The third kappa shape index (κ3) is 8.97. The van der Waals surface area contributed by atoms with Gasteiger partial charge in [-0.15, -0.1) is 0 Å². The summed E-state index contributed by atoms with van der Waals surface area (Å²) in [6, 6.07) is -0.154. The van der Waals surface area contributed by atoms with E-state index in [2.05, 4.69) is 5.16 Å². The highest BCUT2D eigenvalue weighted by Crippen LogP contribution is 2.47. The van der Waals surface area contributed by atoms with Gasteiger partial charge < -0.3 is 45.0 Å². The second kappa shape index (κ2) is 16.7. The molecule has 46 heavy (non-hydrogen) atoms. The minimum atomic E-state index is -1.48. The molecule has 13 unspecified atom stereocenters. The third-order valence-corrected chi connectivity index (χ3v) is 9.86. The molecule has 13 atom stereocenters. The van der Waals surface area contributed by atoms with Crippen molar-refractivity contribution < 1.29 is 48.8 Å². The van der Waals surface area contributed by atoms with Gasteiger partial charge in [-0.05, 0) is 60.0 Å². The van der Waals surface area contributed by atoms with E-state index in [4.69, 9.17) is 24.7 Å². The smallest absolute Gasteiger partial charge is 0.317 e. The largest absolute Gasteiger partial charge is 0.458 e. The summed E-state index contributed by atoms with van der Waals surface area (Å²) in [5.74, 6) is -6.43. The minimum Gasteiger partial charge on any atom is -0.458 e. The standard InChI is InChI=1S/C33H59N3O10/c1-12-23(33(9)25(24(29(34)35-42)31(41)46-33)20(7)26(37)17(4)13-16(2)3)45-30(40)21(8)27(38)18(5)15-43-32-28(39)22(36(10)11)14-19(6)44-32/h16-25,27-28,32,38-39,42H,12-15H2,1-11H3,(H2,34,35). The van der Waals surface area contributed by atoms with E-state index < -0.39 is 71.7 Å². The monoisotopic (exact) mass is 657 g/mol. The molecule has 13 nitrogen and oxygen atoms in total. The number of carbonyl (C=O) groups excluding carboxylic acids is 3. The lowest BCUT2D eigenvalue weighted by Crippen LogP contribution is -2.54. The Kier molecular flexibility index (Phi) is 14.4. The lowest BCUT2D eigenvalue weighted by molar-refractivity contribution is -0.258. The molecule has 0 radical (unpaired) electrons. The molecule has 13 heteroatoms. The maximum absolute atomic E-state index is 13.6. The Morgan fingerprint density at radius 1 is 1.17 bits per heavy atom. The molecule has 0 aromatic heterocycles. The van der Waals surface area contributed by atoms with E-state index in [0.717, 1.165) is 0 Å². The van der Waals surface area contributed by atoms with Crippen LogP contribution in [0.3, 0.4) is 0 Å². The van der Waals surface area contributed by atoms with Crippen LogP contribution in [0.4, 0.5) is 0 Å². The highest BCUT2D eigenvalue weighted by molar-refractivity contribution is 6.02. The minimum absolute atomic E-state index is 0.0115. The summed E-state index contributed by atoms with van der Waals surface area (Å²) < 4.78 is 23.5. The van der Waals surface area contributed by atoms with Gasteiger partial charge in [0.15, 0.2) is 17.7 Å². The van der Waals surface area contributed by atoms with Crippen LogP contribution in [0.25, 0.3) is 0 Å². The highest BCUT2D eigenvalue weighted by atomic mass is 16.7. The first kappa shape index (κ1) is 39.9. The van der Waals surface area contributed by atoms with Crippen LogP contribution >= 0.6 is 0 Å². The Morgan fingerprint density at radius 3 is 2.30 bits per heavy atom. The van der Waals surface area contributed by atoms with E-state index in [-0.39, 0.29) is 48.6 Å². The fourth-order valence-electron chi connectivity index (χ4n) is 7.22. The predicted molar refractivity (Wildman–Crippen MR) is 171 cm³/mol. The number of Topliss-reactive ketones (excluding diaryl/α,β-unsaturated/α-hetero) is 1. The van der Waals surface area contributed by atoms with E-state index in [9.17, 15) is 29.8 Å². The maximum atomic E-state index is 13.6. The molecule has 2 aliphatic rings. The van der Waals surface area contributed by atoms with Crippen LogP contribution in [0.2, 0.25) is 0 Å². The van der Waals surface area contributed by atoms with Gasteiger partial charge in [-0.2, -0.15) is 0 Å². The Hall–Kier alpha value is -2.32. The molecule has 2 aliphatic heterocycles. The molecular formula is C33H59N3O10. The van der Waals surface area contributed by atoms with Crippen molar-refractivity contribution >= 4 is 23.6 Å². The number of ketones is 1. The van der Waals surface area contributed by atoms with Crippen molar-refractivity contribution in [3.05, 3.63) is 0 Å². The molecule has 0 spiro atoms. The Balaban J connectivity index is 2.22. The first-order chi connectivity index (χ1) is 21.3. The number of hydrogen-bond donors (Lipinski definition) is 4. The lowest BCUT2D eigenvalue weighted by atomic mass is 9.68. The van der Waals surface area contributed by atoms with Gasteiger partial charge in [-0.1, -0.05) is 46.7 Å². The summed E-state index contributed by atoms with van der Waals surface area (Å²) in [5, 5.41) is 34.4. The fourth-order valence-corrected chi connectivity index (χ4v) is 7.22. The van der Waals surface area contributed by atoms with Crippen molar-refractivity contribution in [2.24, 2.45) is 52.3 Å². The highest BCUT2D eigenvalue weighted by Gasteiger charge is 2.62. The van der Waals surface area contributed by atoms with Gasteiger partial charge in [0.05, 0.1) is 24.7 Å². The number of amidine groups is 1. The molecule has 2 heterocycles. The van der Waals surface area contributed by atoms with Crippen LogP contribution in [0.1, 0.15) is 81.6 Å². The molecule has 0 bridgehead atoms. The zero-order chi connectivity index (χ0) is 35.3. The number of hydrogen-bond acceptors (Lipinski definition) is 12. The lowest BCUT2D eigenvalue weighted by Gasteiger charge is -2.41. The van der Waals surface area contributed by atoms with Gasteiger partial charge in [-0.25, -0.2) is 0 Å². The van der Waals surface area contributed by atoms with Gasteiger partial charge in [0.25, 0.3) is 0 Å². The number of oxime groups is 1. The van der Waals surface area contributed by atoms with E-state index in [1.54, 1.807) is 27.7 Å². The second-order valence-corrected chi connectivity index (χ2v) is 14.4. The summed E-state index contributed by atoms with van der Waals surface area (Å²) in [6.07, 6.45) is -2.58. The molecule has 0 amide bonds. The Morgan fingerprint density at radius 2 is 1.78 bits per heavy atom. The van der Waals surface area contributed by atoms with Crippen LogP contribution < -0.4 is 5.73 Å². The molecule has 0 aliphatic carbocycles. The number of likely N-dealkylation sites (N-methyl/N-ethyl adjacent to an activating group) is 1. The molecule has 2 fully saturated rings. The van der Waals surface area contributed by atoms with Gasteiger partial charge in [-0.3, -0.25) is 14.4 Å². The van der Waals surface area contributed by atoms with Gasteiger partial charge >= 0.3 is 11.9 Å². The Labute approximate surface area is 274 Å². The zero-order valence-corrected chi connectivity index (χ0v) is 29.5. The summed E-state index contributed by atoms with van der Waals surface area (Å²) in [7, 11) is 3.76. The van der Waals surface area contributed by atoms with Crippen molar-refractivity contribution in [2.45, 2.75) is 124 Å². The molecule has 2 saturated heterocycles. The average molecular weight is 658 g/mol. The molecule has 2 rings (SSSR count). The molecule has 0 saturated carbocycles. The number of ether oxygens (including phenoxy) is 4. The predicted octanol–water partition coefficient (Wildman–Crippen LogP) is 2.57. The van der Waals surface area contributed by atoms with Crippen LogP contribution in [0.5, 0.6) is 0 Å². The second-order valence-electron chi connectivity index (χ2n) is 14.4. The zero-order valence-electron chi connectivity index (χ0n) is 29.5. The topological polar surface area (TPSA) is 190 Å². The number of aliphatic hydroxyl groups is 2. The van der Waals surface area contributed by atoms with Gasteiger partial charge in [0, 0.05) is 29.7 Å². The van der Waals surface area contributed by atoms with E-state index in [1.165, 1.54) is 6.92 Å². The molecule has 0 aromatic carbocycles. The molecule has 266 valence electrons. The third-order valence-electron chi connectivity index (χ3n) is 9.86. The molecule has 0 aromatic rings. The molecular weight excluding hydrogens is 598 g/mol. The Bertz CT molecular complexity index is 1070. The van der Waals surface area contributed by atoms with Gasteiger partial charge in [0.2, 0.25) is 0 Å². The number of nitrogens with two attached hydrogens (primary N) is 1. The first-order valence-electron chi connectivity index (χ1n) is 16.6. The number of cyclic esters (lactones) is 1. The number of nitrogens with zero attached hydrogens (tertiary/aromatic N) is 2. The van der Waals surface area contributed by atoms with Crippen LogP contribution in [-0.4, -0.2) is 107 Å². The van der Waals surface area contributed by atoms with Crippen molar-refractivity contribution in [3.8, 4) is 0 Å². The normalized spacial score (nSPS) is 32.8. The summed E-state index contributed by atoms with van der Waals surface area (Å²) in [6.45, 7) is 16.1. The van der Waals surface area contributed by atoms with Crippen LogP contribution in [0, 0.1) is 41.4 Å². The van der Waals surface area contributed by atoms with E-state index in [0.29, 0.717) is 12.8 Å². The summed E-state index contributed by atoms with van der Waals surface area (Å²) in [5.41, 5.74) is 4.48. The van der Waals surface area contributed by atoms with Crippen molar-refractivity contribution in [1.82, 2.24) is 4.90 Å². The first-order valence-corrected chi connectivity index (χ1v) is 16.6. The van der Waals surface area contributed by atoms with E-state index in [1.807, 2.05) is 46.7 Å². The van der Waals surface area contributed by atoms with Crippen LogP contribution in [0.15, 0.2) is 5.16 Å². The maximum Gasteiger partial charge on any atom is 0.317 e. The number of esters is 2. The number of carbonyl (C=O) groups is 3. The van der Waals surface area contributed by atoms with Crippen molar-refractivity contribution in [2.75, 3.05) is 20.7 Å². The van der Waals surface area contributed by atoms with E-state index >= 15 is 0 Å². The molecule has 5 N–H and O–H groups in total. The van der Waals surface area contributed by atoms with Crippen LogP contribution in [-0.2, 0) is 33.3 Å². The average Bonchev–Trinajstić information content (AvgIpc) is 3.27. The number of aliphatic hydroxyl groups excluding tert-OH is 2. The number of rotatable bonds is 16.